The summed E-state index contributed by atoms with van der Waals surface area (Å²) in [4.78, 5) is 2.25. The van der Waals surface area contributed by atoms with Gasteiger partial charge in [0.2, 0.25) is 5.95 Å². The van der Waals surface area contributed by atoms with E-state index >= 15 is 0 Å². The summed E-state index contributed by atoms with van der Waals surface area (Å²) < 4.78 is 13.5. The van der Waals surface area contributed by atoms with Gasteiger partial charge in [-0.3, -0.25) is 4.57 Å². The van der Waals surface area contributed by atoms with Gasteiger partial charge in [0, 0.05) is 18.8 Å². The third-order valence-electron chi connectivity index (χ3n) is 4.70. The molecule has 1 aliphatic rings. The van der Waals surface area contributed by atoms with Gasteiger partial charge in [0.1, 0.15) is 5.75 Å². The molecule has 0 aliphatic carbocycles. The second-order valence-corrected chi connectivity index (χ2v) is 7.98. The van der Waals surface area contributed by atoms with E-state index in [9.17, 15) is 0 Å². The van der Waals surface area contributed by atoms with E-state index in [-0.39, 0.29) is 0 Å². The number of thioether (sulfide) groups is 1. The van der Waals surface area contributed by atoms with Gasteiger partial charge in [-0.15, -0.1) is 10.2 Å². The molecule has 2 heterocycles. The lowest BCUT2D eigenvalue weighted by molar-refractivity contribution is 0.122. The van der Waals surface area contributed by atoms with Crippen molar-refractivity contribution in [1.82, 2.24) is 14.8 Å². The maximum absolute atomic E-state index is 5.80. The average molecular weight is 411 g/mol. The molecule has 1 aliphatic heterocycles. The first kappa shape index (κ1) is 19.8. The number of anilines is 1. The Bertz CT molecular complexity index is 910. The van der Waals surface area contributed by atoms with E-state index < -0.39 is 0 Å². The van der Waals surface area contributed by atoms with Crippen molar-refractivity contribution in [3.05, 3.63) is 60.2 Å². The fraction of sp³-hybridized carbons (Fsp3) is 0.364. The average Bonchev–Trinajstić information content (AvgIpc) is 3.19. The number of aromatic nitrogens is 3. The molecular weight excluding hydrogens is 384 g/mol. The SMILES string of the molecule is Cc1cccc(-n2c(SCCCOc3ccccc3)nnc2N2CCOCC2)c1. The molecule has 0 spiro atoms. The Labute approximate surface area is 175 Å². The largest absolute Gasteiger partial charge is 0.494 e. The fourth-order valence-electron chi connectivity index (χ4n) is 3.25. The summed E-state index contributed by atoms with van der Waals surface area (Å²) in [5.74, 6) is 2.72. The van der Waals surface area contributed by atoms with Gasteiger partial charge >= 0.3 is 0 Å². The number of nitrogens with zero attached hydrogens (tertiary/aromatic N) is 4. The molecule has 0 saturated carbocycles. The highest BCUT2D eigenvalue weighted by atomic mass is 32.2. The molecule has 7 heteroatoms. The molecule has 0 unspecified atom stereocenters. The number of para-hydroxylation sites is 1. The van der Waals surface area contributed by atoms with Crippen LogP contribution in [0.3, 0.4) is 0 Å². The van der Waals surface area contributed by atoms with Crippen LogP contribution in [-0.4, -0.2) is 53.4 Å². The maximum Gasteiger partial charge on any atom is 0.232 e. The number of morpholine rings is 1. The highest BCUT2D eigenvalue weighted by Crippen LogP contribution is 2.28. The normalized spacial score (nSPS) is 14.2. The standard InChI is InChI=1S/C22H26N4O2S/c1-18-7-5-8-19(17-18)26-21(25-11-14-27-15-12-25)23-24-22(26)29-16-6-13-28-20-9-3-2-4-10-20/h2-5,7-10,17H,6,11-16H2,1H3. The summed E-state index contributed by atoms with van der Waals surface area (Å²) in [5, 5.41) is 9.94. The summed E-state index contributed by atoms with van der Waals surface area (Å²) in [6.07, 6.45) is 0.938. The van der Waals surface area contributed by atoms with E-state index in [1.54, 1.807) is 11.8 Å². The lowest BCUT2D eigenvalue weighted by Crippen LogP contribution is -2.37. The van der Waals surface area contributed by atoms with Crippen molar-refractivity contribution in [3.63, 3.8) is 0 Å². The molecule has 152 valence electrons. The van der Waals surface area contributed by atoms with Gasteiger partial charge in [-0.1, -0.05) is 42.1 Å². The summed E-state index contributed by atoms with van der Waals surface area (Å²) in [6.45, 7) is 5.90. The minimum absolute atomic E-state index is 0.686. The second-order valence-electron chi connectivity index (χ2n) is 6.92. The molecule has 29 heavy (non-hydrogen) atoms. The van der Waals surface area contributed by atoms with Crippen molar-refractivity contribution >= 4 is 17.7 Å². The molecule has 4 rings (SSSR count). The first-order chi connectivity index (χ1) is 14.3. The molecular formula is C22H26N4O2S. The van der Waals surface area contributed by atoms with Crippen LogP contribution in [0, 0.1) is 6.92 Å². The van der Waals surface area contributed by atoms with Crippen molar-refractivity contribution in [2.45, 2.75) is 18.5 Å². The van der Waals surface area contributed by atoms with E-state index in [2.05, 4.69) is 50.9 Å². The van der Waals surface area contributed by atoms with Crippen LogP contribution in [0.4, 0.5) is 5.95 Å². The van der Waals surface area contributed by atoms with Crippen molar-refractivity contribution in [2.24, 2.45) is 0 Å². The van der Waals surface area contributed by atoms with E-state index in [1.807, 2.05) is 30.3 Å². The van der Waals surface area contributed by atoms with Crippen molar-refractivity contribution in [1.29, 1.82) is 0 Å². The highest BCUT2D eigenvalue weighted by molar-refractivity contribution is 7.99. The van der Waals surface area contributed by atoms with Gasteiger partial charge in [-0.05, 0) is 43.2 Å². The van der Waals surface area contributed by atoms with Crippen LogP contribution >= 0.6 is 11.8 Å². The number of aryl methyl sites for hydroxylation is 1. The summed E-state index contributed by atoms with van der Waals surface area (Å²) in [5.41, 5.74) is 2.32. The number of benzene rings is 2. The van der Waals surface area contributed by atoms with Crippen LogP contribution < -0.4 is 9.64 Å². The van der Waals surface area contributed by atoms with Gasteiger partial charge in [0.15, 0.2) is 5.16 Å². The molecule has 2 aromatic carbocycles. The van der Waals surface area contributed by atoms with Gasteiger partial charge in [-0.25, -0.2) is 0 Å². The molecule has 0 N–H and O–H groups in total. The zero-order valence-electron chi connectivity index (χ0n) is 16.7. The zero-order chi connectivity index (χ0) is 19.9. The first-order valence-electron chi connectivity index (χ1n) is 9.97. The summed E-state index contributed by atoms with van der Waals surface area (Å²) >= 11 is 1.72. The molecule has 0 radical (unpaired) electrons. The molecule has 0 atom stereocenters. The molecule has 1 saturated heterocycles. The molecule has 0 amide bonds. The molecule has 1 fully saturated rings. The number of ether oxygens (including phenoxy) is 2. The van der Waals surface area contributed by atoms with E-state index in [1.165, 1.54) is 5.56 Å². The predicted octanol–water partition coefficient (Wildman–Crippen LogP) is 3.97. The van der Waals surface area contributed by atoms with Crippen LogP contribution in [0.15, 0.2) is 59.8 Å². The molecule has 6 nitrogen and oxygen atoms in total. The van der Waals surface area contributed by atoms with Crippen molar-refractivity contribution in [3.8, 4) is 11.4 Å². The minimum Gasteiger partial charge on any atom is -0.494 e. The third kappa shape index (κ3) is 5.10. The highest BCUT2D eigenvalue weighted by Gasteiger charge is 2.21. The maximum atomic E-state index is 5.80. The van der Waals surface area contributed by atoms with Crippen molar-refractivity contribution < 1.29 is 9.47 Å². The number of hydrogen-bond acceptors (Lipinski definition) is 6. The Kier molecular flexibility index (Phi) is 6.69. The summed E-state index contributed by atoms with van der Waals surface area (Å²) in [6, 6.07) is 18.4. The predicted molar refractivity (Wildman–Crippen MR) is 116 cm³/mol. The van der Waals surface area contributed by atoms with Crippen LogP contribution in [0.5, 0.6) is 5.75 Å². The molecule has 0 bridgehead atoms. The Morgan fingerprint density at radius 3 is 2.66 bits per heavy atom. The van der Waals surface area contributed by atoms with Crippen LogP contribution in [0.2, 0.25) is 0 Å². The Balaban J connectivity index is 1.45. The van der Waals surface area contributed by atoms with Gasteiger partial charge in [0.05, 0.1) is 25.5 Å². The quantitative estimate of drug-likeness (QED) is 0.414. The van der Waals surface area contributed by atoms with Crippen molar-refractivity contribution in [2.75, 3.05) is 43.6 Å². The van der Waals surface area contributed by atoms with Crippen LogP contribution in [0.1, 0.15) is 12.0 Å². The van der Waals surface area contributed by atoms with E-state index in [0.717, 1.165) is 61.0 Å². The summed E-state index contributed by atoms with van der Waals surface area (Å²) in [7, 11) is 0. The number of rotatable bonds is 8. The number of hydrogen-bond donors (Lipinski definition) is 0. The van der Waals surface area contributed by atoms with Crippen LogP contribution in [-0.2, 0) is 4.74 Å². The van der Waals surface area contributed by atoms with Gasteiger partial charge in [-0.2, -0.15) is 0 Å². The van der Waals surface area contributed by atoms with Crippen LogP contribution in [0.25, 0.3) is 5.69 Å². The Morgan fingerprint density at radius 2 is 1.86 bits per heavy atom. The zero-order valence-corrected chi connectivity index (χ0v) is 17.5. The first-order valence-corrected chi connectivity index (χ1v) is 11.0. The van der Waals surface area contributed by atoms with E-state index in [4.69, 9.17) is 9.47 Å². The lowest BCUT2D eigenvalue weighted by atomic mass is 10.2. The van der Waals surface area contributed by atoms with Gasteiger partial charge < -0.3 is 14.4 Å². The molecule has 1 aromatic heterocycles. The smallest absolute Gasteiger partial charge is 0.232 e. The topological polar surface area (TPSA) is 52.4 Å². The minimum atomic E-state index is 0.686. The second kappa shape index (κ2) is 9.80. The lowest BCUT2D eigenvalue weighted by Gasteiger charge is -2.28. The third-order valence-corrected chi connectivity index (χ3v) is 5.72. The Morgan fingerprint density at radius 1 is 1.03 bits per heavy atom. The van der Waals surface area contributed by atoms with E-state index in [0.29, 0.717) is 6.61 Å². The molecule has 3 aromatic rings. The fourth-order valence-corrected chi connectivity index (χ4v) is 4.11. The van der Waals surface area contributed by atoms with Gasteiger partial charge in [0.25, 0.3) is 0 Å². The monoisotopic (exact) mass is 410 g/mol. The Hall–Kier alpha value is -2.51.